The maximum atomic E-state index is 12.1. The lowest BCUT2D eigenvalue weighted by Crippen LogP contribution is -2.41. The average molecular weight is 406 g/mol. The Labute approximate surface area is 175 Å². The van der Waals surface area contributed by atoms with Gasteiger partial charge in [0.15, 0.2) is 11.7 Å². The molecule has 0 atom stereocenters. The van der Waals surface area contributed by atoms with Crippen molar-refractivity contribution in [1.29, 1.82) is 0 Å². The van der Waals surface area contributed by atoms with Crippen molar-refractivity contribution < 1.29 is 9.32 Å². The minimum atomic E-state index is 0.163. The van der Waals surface area contributed by atoms with E-state index in [4.69, 9.17) is 4.52 Å². The maximum Gasteiger partial charge on any atom is 0.220 e. The molecule has 7 nitrogen and oxygen atoms in total. The third kappa shape index (κ3) is 8.46. The molecule has 164 valence electrons. The molecule has 0 aromatic carbocycles. The summed E-state index contributed by atoms with van der Waals surface area (Å²) in [6.07, 6.45) is 9.04. The van der Waals surface area contributed by atoms with Crippen LogP contribution in [0.25, 0.3) is 0 Å². The Morgan fingerprint density at radius 1 is 1.14 bits per heavy atom. The zero-order valence-electron chi connectivity index (χ0n) is 18.4. The third-order valence-corrected chi connectivity index (χ3v) is 5.66. The Balaban J connectivity index is 1.72. The van der Waals surface area contributed by atoms with Crippen molar-refractivity contribution in [2.24, 2.45) is 10.9 Å². The van der Waals surface area contributed by atoms with Gasteiger partial charge in [0.1, 0.15) is 6.54 Å². The molecule has 2 rings (SSSR count). The largest absolute Gasteiger partial charge is 0.359 e. The molecule has 1 aromatic rings. The number of amides is 1. The van der Waals surface area contributed by atoms with Crippen LogP contribution in [0.2, 0.25) is 0 Å². The van der Waals surface area contributed by atoms with Crippen molar-refractivity contribution in [2.45, 2.75) is 84.6 Å². The van der Waals surface area contributed by atoms with Crippen LogP contribution in [0.3, 0.4) is 0 Å². The Morgan fingerprint density at radius 3 is 2.55 bits per heavy atom. The summed E-state index contributed by atoms with van der Waals surface area (Å²) in [5.74, 6) is 2.66. The Kier molecular flexibility index (Phi) is 10.6. The number of hydrogen-bond donors (Lipinski definition) is 3. The van der Waals surface area contributed by atoms with Crippen LogP contribution >= 0.6 is 0 Å². The number of nitrogens with zero attached hydrogens (tertiary/aromatic N) is 2. The van der Waals surface area contributed by atoms with E-state index in [1.165, 1.54) is 32.1 Å². The van der Waals surface area contributed by atoms with Crippen molar-refractivity contribution in [1.82, 2.24) is 21.1 Å². The van der Waals surface area contributed by atoms with E-state index in [1.54, 1.807) is 0 Å². The lowest BCUT2D eigenvalue weighted by molar-refractivity contribution is -0.122. The summed E-state index contributed by atoms with van der Waals surface area (Å²) < 4.78 is 5.44. The van der Waals surface area contributed by atoms with E-state index in [1.807, 2.05) is 13.0 Å². The van der Waals surface area contributed by atoms with Gasteiger partial charge in [-0.2, -0.15) is 0 Å². The zero-order valence-corrected chi connectivity index (χ0v) is 18.4. The van der Waals surface area contributed by atoms with E-state index in [0.717, 1.165) is 36.8 Å². The van der Waals surface area contributed by atoms with E-state index in [0.29, 0.717) is 37.9 Å². The molecule has 1 aromatic heterocycles. The highest BCUT2D eigenvalue weighted by molar-refractivity contribution is 5.80. The number of aliphatic imine (C=N–C) groups is 1. The molecule has 1 amide bonds. The monoisotopic (exact) mass is 405 g/mol. The first kappa shape index (κ1) is 23.2. The Morgan fingerprint density at radius 2 is 1.86 bits per heavy atom. The number of hydrogen-bond acceptors (Lipinski definition) is 4. The fourth-order valence-electron chi connectivity index (χ4n) is 3.91. The molecular weight excluding hydrogens is 366 g/mol. The molecule has 7 heteroatoms. The second-order valence-corrected chi connectivity index (χ2v) is 7.91. The SMILES string of the molecule is CCNC(=NCc1cc(C(CC)CC)no1)NCCNC(=O)CC1CCCCC1. The number of guanidine groups is 1. The molecule has 0 bridgehead atoms. The van der Waals surface area contributed by atoms with Gasteiger partial charge in [-0.1, -0.05) is 38.3 Å². The minimum Gasteiger partial charge on any atom is -0.359 e. The van der Waals surface area contributed by atoms with Crippen molar-refractivity contribution in [3.8, 4) is 0 Å². The van der Waals surface area contributed by atoms with Crippen LogP contribution < -0.4 is 16.0 Å². The highest BCUT2D eigenvalue weighted by Gasteiger charge is 2.16. The molecule has 29 heavy (non-hydrogen) atoms. The van der Waals surface area contributed by atoms with Gasteiger partial charge >= 0.3 is 0 Å². The van der Waals surface area contributed by atoms with Gasteiger partial charge in [0.05, 0.1) is 5.69 Å². The molecule has 1 saturated carbocycles. The van der Waals surface area contributed by atoms with E-state index < -0.39 is 0 Å². The standard InChI is InChI=1S/C22H39N5O2/c1-4-18(5-2)20-15-19(29-27-20)16-26-22(23-6-3)25-13-12-24-21(28)14-17-10-8-7-9-11-17/h15,17-18H,4-14,16H2,1-3H3,(H,24,28)(H2,23,25,26). The smallest absolute Gasteiger partial charge is 0.220 e. The van der Waals surface area contributed by atoms with Crippen molar-refractivity contribution in [2.75, 3.05) is 19.6 Å². The van der Waals surface area contributed by atoms with Crippen LogP contribution in [0, 0.1) is 5.92 Å². The van der Waals surface area contributed by atoms with Crippen LogP contribution in [-0.4, -0.2) is 36.7 Å². The third-order valence-electron chi connectivity index (χ3n) is 5.66. The summed E-state index contributed by atoms with van der Waals surface area (Å²) in [6, 6.07) is 2.01. The van der Waals surface area contributed by atoms with Crippen LogP contribution in [0.1, 0.15) is 89.5 Å². The van der Waals surface area contributed by atoms with Gasteiger partial charge in [0.2, 0.25) is 5.91 Å². The topological polar surface area (TPSA) is 91.6 Å². The fraction of sp³-hybridized carbons (Fsp3) is 0.773. The van der Waals surface area contributed by atoms with E-state index >= 15 is 0 Å². The summed E-state index contributed by atoms with van der Waals surface area (Å²) in [7, 11) is 0. The molecule has 1 fully saturated rings. The maximum absolute atomic E-state index is 12.1. The van der Waals surface area contributed by atoms with Gasteiger partial charge in [-0.15, -0.1) is 0 Å². The highest BCUT2D eigenvalue weighted by atomic mass is 16.5. The summed E-state index contributed by atoms with van der Waals surface area (Å²) in [5, 5.41) is 13.7. The summed E-state index contributed by atoms with van der Waals surface area (Å²) in [5.41, 5.74) is 1.01. The van der Waals surface area contributed by atoms with Gasteiger partial charge in [0, 0.05) is 38.0 Å². The molecule has 3 N–H and O–H groups in total. The van der Waals surface area contributed by atoms with Crippen LogP contribution in [0.15, 0.2) is 15.6 Å². The first-order valence-electron chi connectivity index (χ1n) is 11.4. The highest BCUT2D eigenvalue weighted by Crippen LogP contribution is 2.26. The molecule has 0 spiro atoms. The van der Waals surface area contributed by atoms with Crippen LogP contribution in [0.4, 0.5) is 0 Å². The molecule has 0 unspecified atom stereocenters. The first-order valence-corrected chi connectivity index (χ1v) is 11.4. The van der Waals surface area contributed by atoms with Gasteiger partial charge in [0.25, 0.3) is 0 Å². The van der Waals surface area contributed by atoms with Gasteiger partial charge < -0.3 is 20.5 Å². The summed E-state index contributed by atoms with van der Waals surface area (Å²) in [6.45, 7) is 8.81. The van der Waals surface area contributed by atoms with Gasteiger partial charge in [-0.25, -0.2) is 4.99 Å². The fourth-order valence-corrected chi connectivity index (χ4v) is 3.91. The zero-order chi connectivity index (χ0) is 20.9. The molecule has 1 heterocycles. The lowest BCUT2D eigenvalue weighted by Gasteiger charge is -2.20. The van der Waals surface area contributed by atoms with Crippen LogP contribution in [-0.2, 0) is 11.3 Å². The average Bonchev–Trinajstić information content (AvgIpc) is 3.19. The minimum absolute atomic E-state index is 0.163. The van der Waals surface area contributed by atoms with Gasteiger partial charge in [-0.05, 0) is 38.5 Å². The number of carbonyl (C=O) groups excluding carboxylic acids is 1. The van der Waals surface area contributed by atoms with E-state index in [2.05, 4.69) is 39.9 Å². The second-order valence-electron chi connectivity index (χ2n) is 7.91. The number of aromatic nitrogens is 1. The summed E-state index contributed by atoms with van der Waals surface area (Å²) >= 11 is 0. The predicted molar refractivity (Wildman–Crippen MR) is 117 cm³/mol. The van der Waals surface area contributed by atoms with E-state index in [-0.39, 0.29) is 5.91 Å². The normalized spacial score (nSPS) is 15.5. The lowest BCUT2D eigenvalue weighted by atomic mass is 9.87. The molecule has 1 aliphatic rings. The first-order chi connectivity index (χ1) is 14.2. The molecule has 0 radical (unpaired) electrons. The Bertz CT molecular complexity index is 618. The van der Waals surface area contributed by atoms with E-state index in [9.17, 15) is 4.79 Å². The molecular formula is C22H39N5O2. The number of nitrogens with one attached hydrogen (secondary N) is 3. The number of rotatable bonds is 11. The van der Waals surface area contributed by atoms with Crippen molar-refractivity contribution in [3.63, 3.8) is 0 Å². The predicted octanol–water partition coefficient (Wildman–Crippen LogP) is 3.72. The summed E-state index contributed by atoms with van der Waals surface area (Å²) in [4.78, 5) is 16.7. The second kappa shape index (κ2) is 13.2. The molecule has 0 aliphatic heterocycles. The van der Waals surface area contributed by atoms with Crippen molar-refractivity contribution >= 4 is 11.9 Å². The Hall–Kier alpha value is -2.05. The quantitative estimate of drug-likeness (QED) is 0.296. The van der Waals surface area contributed by atoms with Crippen LogP contribution in [0.5, 0.6) is 0 Å². The molecule has 0 saturated heterocycles. The van der Waals surface area contributed by atoms with Gasteiger partial charge in [-0.3, -0.25) is 4.79 Å². The van der Waals surface area contributed by atoms with Crippen molar-refractivity contribution in [3.05, 3.63) is 17.5 Å². The molecule has 1 aliphatic carbocycles. The number of carbonyl (C=O) groups is 1.